The molecular weight excluding hydrogens is 177 g/mol. The summed E-state index contributed by atoms with van der Waals surface area (Å²) in [5, 5.41) is 3.12. The zero-order valence-electron chi connectivity index (χ0n) is 9.32. The van der Waals surface area contributed by atoms with Gasteiger partial charge in [-0.3, -0.25) is 0 Å². The second kappa shape index (κ2) is 4.09. The molecular formula is C12H18FN. The van der Waals surface area contributed by atoms with E-state index in [9.17, 15) is 4.39 Å². The highest BCUT2D eigenvalue weighted by atomic mass is 19.1. The Morgan fingerprint density at radius 1 is 1.36 bits per heavy atom. The maximum Gasteiger partial charge on any atom is 0.126 e. The zero-order valence-corrected chi connectivity index (χ0v) is 9.32. The minimum absolute atomic E-state index is 0.0245. The van der Waals surface area contributed by atoms with Gasteiger partial charge in [0.25, 0.3) is 0 Å². The molecule has 14 heavy (non-hydrogen) atoms. The first-order chi connectivity index (χ1) is 6.47. The van der Waals surface area contributed by atoms with Crippen LogP contribution in [-0.4, -0.2) is 13.6 Å². The van der Waals surface area contributed by atoms with Crippen LogP contribution in [0, 0.1) is 12.7 Å². The van der Waals surface area contributed by atoms with Gasteiger partial charge >= 0.3 is 0 Å². The van der Waals surface area contributed by atoms with Crippen molar-refractivity contribution >= 4 is 0 Å². The molecule has 0 spiro atoms. The Hall–Kier alpha value is -0.890. The fraction of sp³-hybridized carbons (Fsp3) is 0.500. The molecule has 0 atom stereocenters. The fourth-order valence-electron chi connectivity index (χ4n) is 1.56. The molecule has 1 nitrogen and oxygen atoms in total. The lowest BCUT2D eigenvalue weighted by molar-refractivity contribution is 0.489. The highest BCUT2D eigenvalue weighted by Crippen LogP contribution is 2.23. The molecule has 0 saturated heterocycles. The van der Waals surface area contributed by atoms with Gasteiger partial charge in [0.1, 0.15) is 5.82 Å². The Morgan fingerprint density at radius 3 is 2.50 bits per heavy atom. The third kappa shape index (κ3) is 2.32. The monoisotopic (exact) mass is 195 g/mol. The lowest BCUT2D eigenvalue weighted by Crippen LogP contribution is -2.30. The van der Waals surface area contributed by atoms with E-state index in [-0.39, 0.29) is 11.2 Å². The van der Waals surface area contributed by atoms with E-state index in [1.165, 1.54) is 0 Å². The van der Waals surface area contributed by atoms with Gasteiger partial charge in [0.05, 0.1) is 0 Å². The Kier molecular flexibility index (Phi) is 3.27. The van der Waals surface area contributed by atoms with Gasteiger partial charge in [0.2, 0.25) is 0 Å². The van der Waals surface area contributed by atoms with Gasteiger partial charge in [-0.05, 0) is 31.2 Å². The van der Waals surface area contributed by atoms with Crippen LogP contribution < -0.4 is 5.32 Å². The van der Waals surface area contributed by atoms with Gasteiger partial charge in [-0.25, -0.2) is 4.39 Å². The van der Waals surface area contributed by atoms with Crippen LogP contribution in [0.1, 0.15) is 25.0 Å². The van der Waals surface area contributed by atoms with Crippen molar-refractivity contribution in [2.75, 3.05) is 13.6 Å². The van der Waals surface area contributed by atoms with Gasteiger partial charge in [-0.1, -0.05) is 26.0 Å². The summed E-state index contributed by atoms with van der Waals surface area (Å²) in [6.45, 7) is 6.83. The van der Waals surface area contributed by atoms with Gasteiger partial charge in [0.15, 0.2) is 0 Å². The van der Waals surface area contributed by atoms with Crippen LogP contribution in [0.5, 0.6) is 0 Å². The summed E-state index contributed by atoms with van der Waals surface area (Å²) in [6.07, 6.45) is 0. The summed E-state index contributed by atoms with van der Waals surface area (Å²) in [5.41, 5.74) is 1.72. The second-order valence-electron chi connectivity index (χ2n) is 4.38. The van der Waals surface area contributed by atoms with E-state index in [2.05, 4.69) is 19.2 Å². The van der Waals surface area contributed by atoms with E-state index in [0.29, 0.717) is 5.56 Å². The molecule has 0 heterocycles. The van der Waals surface area contributed by atoms with Crippen LogP contribution in [0.2, 0.25) is 0 Å². The molecule has 2 heteroatoms. The summed E-state index contributed by atoms with van der Waals surface area (Å²) < 4.78 is 13.3. The third-order valence-electron chi connectivity index (χ3n) is 2.57. The number of benzene rings is 1. The lowest BCUT2D eigenvalue weighted by atomic mass is 9.84. The van der Waals surface area contributed by atoms with Crippen molar-refractivity contribution in [1.82, 2.24) is 5.32 Å². The average molecular weight is 195 g/mol. The molecule has 0 aliphatic heterocycles. The SMILES string of the molecule is CNCC(C)(C)c1ccc(C)c(F)c1. The van der Waals surface area contributed by atoms with Crippen molar-refractivity contribution in [3.63, 3.8) is 0 Å². The Labute approximate surface area is 85.3 Å². The Bertz CT molecular complexity index is 318. The number of nitrogens with one attached hydrogen (secondary N) is 1. The Balaban J connectivity index is 3.01. The number of halogens is 1. The first-order valence-corrected chi connectivity index (χ1v) is 4.88. The molecule has 0 aliphatic rings. The quantitative estimate of drug-likeness (QED) is 0.781. The van der Waals surface area contributed by atoms with Crippen molar-refractivity contribution in [2.24, 2.45) is 0 Å². The minimum Gasteiger partial charge on any atom is -0.319 e. The predicted octanol–water partition coefficient (Wildman–Crippen LogP) is 2.63. The summed E-state index contributed by atoms with van der Waals surface area (Å²) in [7, 11) is 1.91. The molecule has 1 rings (SSSR count). The van der Waals surface area contributed by atoms with E-state index in [1.807, 2.05) is 19.2 Å². The van der Waals surface area contributed by atoms with Gasteiger partial charge in [-0.2, -0.15) is 0 Å². The first kappa shape index (κ1) is 11.2. The number of aryl methyl sites for hydroxylation is 1. The van der Waals surface area contributed by atoms with Crippen LogP contribution >= 0.6 is 0 Å². The molecule has 0 aromatic heterocycles. The summed E-state index contributed by atoms with van der Waals surface area (Å²) in [5.74, 6) is -0.119. The highest BCUT2D eigenvalue weighted by Gasteiger charge is 2.20. The first-order valence-electron chi connectivity index (χ1n) is 4.88. The van der Waals surface area contributed by atoms with Crippen LogP contribution in [0.3, 0.4) is 0 Å². The largest absolute Gasteiger partial charge is 0.319 e. The van der Waals surface area contributed by atoms with Gasteiger partial charge in [-0.15, -0.1) is 0 Å². The zero-order chi connectivity index (χ0) is 10.8. The van der Waals surface area contributed by atoms with E-state index in [0.717, 1.165) is 12.1 Å². The van der Waals surface area contributed by atoms with E-state index >= 15 is 0 Å². The molecule has 1 N–H and O–H groups in total. The number of rotatable bonds is 3. The molecule has 0 unspecified atom stereocenters. The number of hydrogen-bond acceptors (Lipinski definition) is 1. The number of likely N-dealkylation sites (N-methyl/N-ethyl adjacent to an activating group) is 1. The van der Waals surface area contributed by atoms with E-state index in [1.54, 1.807) is 13.0 Å². The highest BCUT2D eigenvalue weighted by molar-refractivity contribution is 5.29. The maximum atomic E-state index is 13.3. The number of hydrogen-bond donors (Lipinski definition) is 1. The second-order valence-corrected chi connectivity index (χ2v) is 4.38. The van der Waals surface area contributed by atoms with Crippen LogP contribution in [0.15, 0.2) is 18.2 Å². The maximum absolute atomic E-state index is 13.3. The van der Waals surface area contributed by atoms with Crippen molar-refractivity contribution < 1.29 is 4.39 Å². The van der Waals surface area contributed by atoms with Gasteiger partial charge < -0.3 is 5.32 Å². The third-order valence-corrected chi connectivity index (χ3v) is 2.57. The molecule has 0 radical (unpaired) electrons. The van der Waals surface area contributed by atoms with Crippen molar-refractivity contribution in [2.45, 2.75) is 26.2 Å². The summed E-state index contributed by atoms with van der Waals surface area (Å²) in [4.78, 5) is 0. The summed E-state index contributed by atoms with van der Waals surface area (Å²) >= 11 is 0. The van der Waals surface area contributed by atoms with Crippen molar-refractivity contribution in [3.05, 3.63) is 35.1 Å². The normalized spacial score (nSPS) is 11.8. The molecule has 0 saturated carbocycles. The molecule has 1 aromatic carbocycles. The molecule has 0 fully saturated rings. The molecule has 0 aliphatic carbocycles. The molecule has 0 bridgehead atoms. The van der Waals surface area contributed by atoms with E-state index in [4.69, 9.17) is 0 Å². The van der Waals surface area contributed by atoms with Crippen LogP contribution in [0.4, 0.5) is 4.39 Å². The minimum atomic E-state index is -0.119. The average Bonchev–Trinajstić information content (AvgIpc) is 2.09. The lowest BCUT2D eigenvalue weighted by Gasteiger charge is -2.25. The van der Waals surface area contributed by atoms with Crippen LogP contribution in [-0.2, 0) is 5.41 Å². The molecule has 0 amide bonds. The van der Waals surface area contributed by atoms with Crippen LogP contribution in [0.25, 0.3) is 0 Å². The van der Waals surface area contributed by atoms with Crippen molar-refractivity contribution in [3.8, 4) is 0 Å². The van der Waals surface area contributed by atoms with Gasteiger partial charge in [0, 0.05) is 12.0 Å². The smallest absolute Gasteiger partial charge is 0.126 e. The topological polar surface area (TPSA) is 12.0 Å². The molecule has 78 valence electrons. The van der Waals surface area contributed by atoms with Crippen molar-refractivity contribution in [1.29, 1.82) is 0 Å². The fourth-order valence-corrected chi connectivity index (χ4v) is 1.56. The molecule has 1 aromatic rings. The standard InChI is InChI=1S/C12H18FN/c1-9-5-6-10(7-11(9)13)12(2,3)8-14-4/h5-7,14H,8H2,1-4H3. The predicted molar refractivity (Wildman–Crippen MR) is 58.1 cm³/mol. The summed E-state index contributed by atoms with van der Waals surface area (Å²) in [6, 6.07) is 5.46. The van der Waals surface area contributed by atoms with E-state index < -0.39 is 0 Å². The Morgan fingerprint density at radius 2 is 2.00 bits per heavy atom.